The van der Waals surface area contributed by atoms with E-state index in [1.54, 1.807) is 0 Å². The van der Waals surface area contributed by atoms with Gasteiger partial charge in [-0.15, -0.1) is 0 Å². The van der Waals surface area contributed by atoms with E-state index >= 15 is 0 Å². The van der Waals surface area contributed by atoms with Gasteiger partial charge in [0.15, 0.2) is 0 Å². The van der Waals surface area contributed by atoms with Gasteiger partial charge in [-0.05, 0) is 45.5 Å². The van der Waals surface area contributed by atoms with Crippen LogP contribution in [0.5, 0.6) is 6.01 Å². The van der Waals surface area contributed by atoms with Crippen LogP contribution in [0.4, 0.5) is 5.95 Å². The van der Waals surface area contributed by atoms with E-state index in [1.807, 2.05) is 6.92 Å². The maximum Gasteiger partial charge on any atom is 0.322 e. The Balaban J connectivity index is 2.19. The minimum atomic E-state index is 0.184. The summed E-state index contributed by atoms with van der Waals surface area (Å²) in [5.41, 5.74) is 0. The van der Waals surface area contributed by atoms with Gasteiger partial charge in [0.2, 0.25) is 11.2 Å². The van der Waals surface area contributed by atoms with Crippen LogP contribution in [0.25, 0.3) is 0 Å². The molecule has 0 aliphatic carbocycles. The lowest BCUT2D eigenvalue weighted by Crippen LogP contribution is -2.38. The Bertz CT molecular complexity index is 429. The Morgan fingerprint density at radius 3 is 2.84 bits per heavy atom. The summed E-state index contributed by atoms with van der Waals surface area (Å²) in [7, 11) is 4.14. The Kier molecular flexibility index (Phi) is 4.76. The van der Waals surface area contributed by atoms with Crippen molar-refractivity contribution in [3.8, 4) is 6.01 Å². The van der Waals surface area contributed by atoms with E-state index in [-0.39, 0.29) is 5.28 Å². The van der Waals surface area contributed by atoms with Gasteiger partial charge in [0.25, 0.3) is 0 Å². The number of aromatic nitrogens is 3. The van der Waals surface area contributed by atoms with Crippen molar-refractivity contribution in [2.75, 3.05) is 38.7 Å². The molecule has 6 nitrogen and oxygen atoms in total. The third-order valence-electron chi connectivity index (χ3n) is 3.06. The molecule has 1 unspecified atom stereocenters. The molecule has 1 aromatic rings. The molecular formula is C12H20ClN5O. The molecule has 1 saturated heterocycles. The van der Waals surface area contributed by atoms with Crippen LogP contribution < -0.4 is 9.64 Å². The standard InChI is InChI=1S/C12H20ClN5O/c1-4-19-12-15-10(13)14-11(16-12)18-7-5-6-9(18)8-17(2)3/h9H,4-8H2,1-3H3. The molecule has 1 aliphatic heterocycles. The van der Waals surface area contributed by atoms with E-state index < -0.39 is 0 Å². The lowest BCUT2D eigenvalue weighted by Gasteiger charge is -2.27. The maximum absolute atomic E-state index is 5.94. The molecular weight excluding hydrogens is 266 g/mol. The molecule has 0 aromatic carbocycles. The molecule has 1 atom stereocenters. The van der Waals surface area contributed by atoms with E-state index in [2.05, 4.69) is 38.8 Å². The Labute approximate surface area is 118 Å². The third-order valence-corrected chi connectivity index (χ3v) is 3.23. The molecule has 0 radical (unpaired) electrons. The quantitative estimate of drug-likeness (QED) is 0.816. The number of nitrogens with zero attached hydrogens (tertiary/aromatic N) is 5. The summed E-state index contributed by atoms with van der Waals surface area (Å²) in [6.45, 7) is 4.33. The van der Waals surface area contributed by atoms with Crippen molar-refractivity contribution in [3.05, 3.63) is 5.28 Å². The van der Waals surface area contributed by atoms with Crippen molar-refractivity contribution in [2.24, 2.45) is 0 Å². The van der Waals surface area contributed by atoms with Crippen molar-refractivity contribution in [3.63, 3.8) is 0 Å². The summed E-state index contributed by atoms with van der Waals surface area (Å²) in [6, 6.07) is 0.718. The highest BCUT2D eigenvalue weighted by atomic mass is 35.5. The van der Waals surface area contributed by atoms with E-state index in [1.165, 1.54) is 0 Å². The largest absolute Gasteiger partial charge is 0.464 e. The third kappa shape index (κ3) is 3.67. The first-order chi connectivity index (χ1) is 9.10. The number of anilines is 1. The first-order valence-corrected chi connectivity index (χ1v) is 6.93. The van der Waals surface area contributed by atoms with Crippen LogP contribution in [0.2, 0.25) is 5.28 Å². The molecule has 0 bridgehead atoms. The first-order valence-electron chi connectivity index (χ1n) is 6.56. The predicted molar refractivity (Wildman–Crippen MR) is 74.9 cm³/mol. The fourth-order valence-electron chi connectivity index (χ4n) is 2.35. The van der Waals surface area contributed by atoms with Gasteiger partial charge in [0, 0.05) is 19.1 Å². The number of ether oxygens (including phenoxy) is 1. The monoisotopic (exact) mass is 285 g/mol. The molecule has 1 fully saturated rings. The SMILES string of the molecule is CCOc1nc(Cl)nc(N2CCCC2CN(C)C)n1. The first kappa shape index (κ1) is 14.3. The zero-order valence-corrected chi connectivity index (χ0v) is 12.4. The van der Waals surface area contributed by atoms with Gasteiger partial charge in [0.1, 0.15) is 0 Å². The maximum atomic E-state index is 5.94. The second kappa shape index (κ2) is 6.34. The highest BCUT2D eigenvalue weighted by molar-refractivity contribution is 6.28. The highest BCUT2D eigenvalue weighted by Crippen LogP contribution is 2.24. The zero-order valence-electron chi connectivity index (χ0n) is 11.6. The van der Waals surface area contributed by atoms with Crippen LogP contribution in [0, 0.1) is 0 Å². The fraction of sp³-hybridized carbons (Fsp3) is 0.750. The average Bonchev–Trinajstić information content (AvgIpc) is 2.75. The molecule has 7 heteroatoms. The zero-order chi connectivity index (χ0) is 13.8. The lowest BCUT2D eigenvalue weighted by atomic mass is 10.2. The number of rotatable bonds is 5. The topological polar surface area (TPSA) is 54.4 Å². The van der Waals surface area contributed by atoms with Crippen LogP contribution in [0.3, 0.4) is 0 Å². The summed E-state index contributed by atoms with van der Waals surface area (Å²) in [5.74, 6) is 0.618. The lowest BCUT2D eigenvalue weighted by molar-refractivity contribution is 0.310. The fourth-order valence-corrected chi connectivity index (χ4v) is 2.50. The van der Waals surface area contributed by atoms with Gasteiger partial charge >= 0.3 is 6.01 Å². The number of hydrogen-bond acceptors (Lipinski definition) is 6. The summed E-state index contributed by atoms with van der Waals surface area (Å²) >= 11 is 5.94. The number of halogens is 1. The summed E-state index contributed by atoms with van der Waals surface area (Å²) in [6.07, 6.45) is 2.29. The van der Waals surface area contributed by atoms with Gasteiger partial charge in [0.05, 0.1) is 6.61 Å². The molecule has 106 valence electrons. The van der Waals surface area contributed by atoms with Crippen molar-refractivity contribution < 1.29 is 4.74 Å². The highest BCUT2D eigenvalue weighted by Gasteiger charge is 2.28. The van der Waals surface area contributed by atoms with Gasteiger partial charge in [-0.1, -0.05) is 0 Å². The molecule has 2 heterocycles. The van der Waals surface area contributed by atoms with E-state index in [0.29, 0.717) is 24.6 Å². The molecule has 0 amide bonds. The van der Waals surface area contributed by atoms with E-state index in [9.17, 15) is 0 Å². The van der Waals surface area contributed by atoms with E-state index in [4.69, 9.17) is 16.3 Å². The van der Waals surface area contributed by atoms with Gasteiger partial charge in [-0.2, -0.15) is 15.0 Å². The van der Waals surface area contributed by atoms with Crippen molar-refractivity contribution >= 4 is 17.5 Å². The molecule has 0 N–H and O–H groups in total. The summed E-state index contributed by atoms with van der Waals surface area (Å²) in [4.78, 5) is 16.9. The van der Waals surface area contributed by atoms with Crippen LogP contribution >= 0.6 is 11.6 Å². The second-order valence-electron chi connectivity index (χ2n) is 4.87. The molecule has 0 saturated carbocycles. The predicted octanol–water partition coefficient (Wildman–Crippen LogP) is 1.45. The molecule has 2 rings (SSSR count). The normalized spacial score (nSPS) is 19.2. The molecule has 0 spiro atoms. The van der Waals surface area contributed by atoms with Gasteiger partial charge < -0.3 is 14.5 Å². The molecule has 1 aromatic heterocycles. The Hall–Kier alpha value is -1.14. The van der Waals surface area contributed by atoms with Crippen LogP contribution in [-0.2, 0) is 0 Å². The minimum Gasteiger partial charge on any atom is -0.464 e. The van der Waals surface area contributed by atoms with Crippen molar-refractivity contribution in [1.82, 2.24) is 19.9 Å². The number of hydrogen-bond donors (Lipinski definition) is 0. The minimum absolute atomic E-state index is 0.184. The summed E-state index contributed by atoms with van der Waals surface area (Å²) in [5, 5.41) is 0.184. The van der Waals surface area contributed by atoms with Crippen LogP contribution in [0.15, 0.2) is 0 Å². The van der Waals surface area contributed by atoms with Gasteiger partial charge in [-0.3, -0.25) is 0 Å². The van der Waals surface area contributed by atoms with Crippen LogP contribution in [-0.4, -0.2) is 59.7 Å². The van der Waals surface area contributed by atoms with Crippen molar-refractivity contribution in [2.45, 2.75) is 25.8 Å². The van der Waals surface area contributed by atoms with Crippen LogP contribution in [0.1, 0.15) is 19.8 Å². The number of likely N-dealkylation sites (N-methyl/N-ethyl adjacent to an activating group) is 1. The summed E-state index contributed by atoms with van der Waals surface area (Å²) < 4.78 is 5.32. The average molecular weight is 286 g/mol. The smallest absolute Gasteiger partial charge is 0.322 e. The van der Waals surface area contributed by atoms with Gasteiger partial charge in [-0.25, -0.2) is 0 Å². The Morgan fingerprint density at radius 2 is 2.16 bits per heavy atom. The Morgan fingerprint density at radius 1 is 1.37 bits per heavy atom. The second-order valence-corrected chi connectivity index (χ2v) is 5.21. The van der Waals surface area contributed by atoms with Crippen molar-refractivity contribution in [1.29, 1.82) is 0 Å². The van der Waals surface area contributed by atoms with E-state index in [0.717, 1.165) is 25.9 Å². The molecule has 19 heavy (non-hydrogen) atoms. The molecule has 1 aliphatic rings.